The predicted molar refractivity (Wildman–Crippen MR) is 117 cm³/mol. The van der Waals surface area contributed by atoms with Crippen molar-refractivity contribution in [2.75, 3.05) is 14.2 Å². The summed E-state index contributed by atoms with van der Waals surface area (Å²) < 4.78 is 31.1. The maximum atomic E-state index is 13.8. The number of rotatable bonds is 7. The van der Waals surface area contributed by atoms with E-state index in [9.17, 15) is 4.39 Å². The minimum Gasteiger partial charge on any atom is -0.497 e. The Labute approximate surface area is 177 Å². The molecule has 0 bridgehead atoms. The Bertz CT molecular complexity index is 974. The van der Waals surface area contributed by atoms with Gasteiger partial charge in [-0.1, -0.05) is 18.2 Å². The number of hydrogen-bond acceptors (Lipinski definition) is 4. The highest BCUT2D eigenvalue weighted by atomic mass is 127. The van der Waals surface area contributed by atoms with E-state index in [4.69, 9.17) is 14.2 Å². The normalized spacial score (nSPS) is 10.9. The predicted octanol–water partition coefficient (Wildman–Crippen LogP) is 5.78. The highest BCUT2D eigenvalue weighted by Crippen LogP contribution is 2.34. The lowest BCUT2D eigenvalue weighted by Gasteiger charge is -2.14. The van der Waals surface area contributed by atoms with Crippen LogP contribution in [0.25, 0.3) is 0 Å². The third-order valence-electron chi connectivity index (χ3n) is 4.02. The van der Waals surface area contributed by atoms with E-state index in [0.717, 1.165) is 20.6 Å². The fourth-order valence-electron chi connectivity index (χ4n) is 2.54. The average Bonchev–Trinajstić information content (AvgIpc) is 2.72. The first-order valence-corrected chi connectivity index (χ1v) is 9.60. The fraction of sp³-hybridized carbons (Fsp3) is 0.136. The lowest BCUT2D eigenvalue weighted by Crippen LogP contribution is -2.02. The lowest BCUT2D eigenvalue weighted by atomic mass is 10.2. The Morgan fingerprint density at radius 3 is 2.43 bits per heavy atom. The molecule has 0 amide bonds. The van der Waals surface area contributed by atoms with Crippen molar-refractivity contribution in [3.05, 3.63) is 81.2 Å². The van der Waals surface area contributed by atoms with E-state index in [1.165, 1.54) is 6.07 Å². The molecule has 3 aromatic carbocycles. The molecule has 0 radical (unpaired) electrons. The van der Waals surface area contributed by atoms with Crippen molar-refractivity contribution < 1.29 is 18.6 Å². The van der Waals surface area contributed by atoms with Crippen LogP contribution in [0.3, 0.4) is 0 Å². The smallest absolute Gasteiger partial charge is 0.174 e. The molecule has 0 saturated carbocycles. The second-order valence-corrected chi connectivity index (χ2v) is 7.03. The van der Waals surface area contributed by atoms with Crippen molar-refractivity contribution in [2.24, 2.45) is 4.99 Å². The molecule has 3 aromatic rings. The number of hydrogen-bond donors (Lipinski definition) is 0. The van der Waals surface area contributed by atoms with Gasteiger partial charge in [-0.25, -0.2) is 4.39 Å². The Kier molecular flexibility index (Phi) is 6.86. The van der Waals surface area contributed by atoms with Gasteiger partial charge in [0.25, 0.3) is 0 Å². The lowest BCUT2D eigenvalue weighted by molar-refractivity contribution is 0.277. The van der Waals surface area contributed by atoms with Crippen LogP contribution >= 0.6 is 22.6 Å². The summed E-state index contributed by atoms with van der Waals surface area (Å²) in [6.45, 7) is 0.123. The first kappa shape index (κ1) is 20.1. The van der Waals surface area contributed by atoms with E-state index in [1.807, 2.05) is 36.4 Å². The van der Waals surface area contributed by atoms with Crippen LogP contribution in [-0.2, 0) is 6.61 Å². The van der Waals surface area contributed by atoms with Crippen LogP contribution in [0, 0.1) is 9.39 Å². The minimum absolute atomic E-state index is 0.123. The van der Waals surface area contributed by atoms with Gasteiger partial charge >= 0.3 is 0 Å². The summed E-state index contributed by atoms with van der Waals surface area (Å²) in [7, 11) is 3.20. The standard InChI is InChI=1S/C22H19FINO3/c1-26-18-9-7-17(8-10-18)25-13-15-11-20(24)22(21(12-15)27-2)28-14-16-5-3-4-6-19(16)23/h3-13H,14H2,1-2H3. The summed E-state index contributed by atoms with van der Waals surface area (Å²) in [5.74, 6) is 1.64. The Hall–Kier alpha value is -2.61. The van der Waals surface area contributed by atoms with E-state index in [0.29, 0.717) is 17.1 Å². The molecule has 4 nitrogen and oxygen atoms in total. The van der Waals surface area contributed by atoms with Gasteiger partial charge in [-0.05, 0) is 70.6 Å². The van der Waals surface area contributed by atoms with Gasteiger partial charge in [0, 0.05) is 11.8 Å². The monoisotopic (exact) mass is 491 g/mol. The molecule has 0 heterocycles. The van der Waals surface area contributed by atoms with Gasteiger partial charge in [0.05, 0.1) is 23.5 Å². The van der Waals surface area contributed by atoms with Crippen LogP contribution in [0.4, 0.5) is 10.1 Å². The highest BCUT2D eigenvalue weighted by molar-refractivity contribution is 14.1. The van der Waals surface area contributed by atoms with Crippen molar-refractivity contribution in [1.82, 2.24) is 0 Å². The molecular weight excluding hydrogens is 472 g/mol. The molecule has 0 aromatic heterocycles. The van der Waals surface area contributed by atoms with Crippen molar-refractivity contribution in [3.8, 4) is 17.2 Å². The number of ether oxygens (including phenoxy) is 3. The molecule has 0 fully saturated rings. The Morgan fingerprint density at radius 2 is 1.75 bits per heavy atom. The summed E-state index contributed by atoms with van der Waals surface area (Å²) in [4.78, 5) is 4.47. The van der Waals surface area contributed by atoms with Crippen molar-refractivity contribution in [2.45, 2.75) is 6.61 Å². The zero-order valence-corrected chi connectivity index (χ0v) is 17.6. The second kappa shape index (κ2) is 9.54. The summed E-state index contributed by atoms with van der Waals surface area (Å²) in [5, 5.41) is 0. The van der Waals surface area contributed by atoms with Crippen LogP contribution in [0.1, 0.15) is 11.1 Å². The fourth-order valence-corrected chi connectivity index (χ4v) is 3.32. The average molecular weight is 491 g/mol. The highest BCUT2D eigenvalue weighted by Gasteiger charge is 2.12. The molecule has 0 aliphatic rings. The quantitative estimate of drug-likeness (QED) is 0.311. The van der Waals surface area contributed by atoms with E-state index in [2.05, 4.69) is 27.6 Å². The summed E-state index contributed by atoms with van der Waals surface area (Å²) in [6, 6.07) is 17.8. The number of aliphatic imine (C=N–C) groups is 1. The van der Waals surface area contributed by atoms with E-state index in [-0.39, 0.29) is 12.4 Å². The second-order valence-electron chi connectivity index (χ2n) is 5.87. The topological polar surface area (TPSA) is 40.0 Å². The summed E-state index contributed by atoms with van der Waals surface area (Å²) in [5.41, 5.74) is 2.18. The van der Waals surface area contributed by atoms with Crippen LogP contribution in [0.5, 0.6) is 17.2 Å². The van der Waals surface area contributed by atoms with Gasteiger partial charge < -0.3 is 14.2 Å². The Balaban J connectivity index is 1.78. The van der Waals surface area contributed by atoms with Gasteiger partial charge in [0.2, 0.25) is 0 Å². The zero-order chi connectivity index (χ0) is 19.9. The molecule has 3 rings (SSSR count). The third kappa shape index (κ3) is 5.01. The van der Waals surface area contributed by atoms with E-state index < -0.39 is 0 Å². The van der Waals surface area contributed by atoms with Crippen molar-refractivity contribution in [3.63, 3.8) is 0 Å². The molecule has 0 unspecified atom stereocenters. The molecule has 0 aliphatic heterocycles. The number of nitrogens with zero attached hydrogens (tertiary/aromatic N) is 1. The third-order valence-corrected chi connectivity index (χ3v) is 4.82. The molecular formula is C22H19FINO3. The maximum Gasteiger partial charge on any atom is 0.174 e. The molecule has 28 heavy (non-hydrogen) atoms. The van der Waals surface area contributed by atoms with Gasteiger partial charge in [0.15, 0.2) is 11.5 Å². The Morgan fingerprint density at radius 1 is 1.00 bits per heavy atom. The first-order valence-electron chi connectivity index (χ1n) is 8.52. The van der Waals surface area contributed by atoms with Gasteiger partial charge in [-0.2, -0.15) is 0 Å². The largest absolute Gasteiger partial charge is 0.497 e. The first-order chi connectivity index (χ1) is 13.6. The van der Waals surface area contributed by atoms with Gasteiger partial charge in [-0.15, -0.1) is 0 Å². The van der Waals surface area contributed by atoms with Crippen LogP contribution < -0.4 is 14.2 Å². The molecule has 0 aliphatic carbocycles. The van der Waals surface area contributed by atoms with Crippen molar-refractivity contribution >= 4 is 34.5 Å². The number of halogens is 2. The van der Waals surface area contributed by atoms with Gasteiger partial charge in [-0.3, -0.25) is 4.99 Å². The molecule has 0 N–H and O–H groups in total. The molecule has 0 spiro atoms. The minimum atomic E-state index is -0.292. The summed E-state index contributed by atoms with van der Waals surface area (Å²) >= 11 is 2.17. The molecule has 0 atom stereocenters. The SMILES string of the molecule is COc1ccc(N=Cc2cc(I)c(OCc3ccccc3F)c(OC)c2)cc1. The number of benzene rings is 3. The zero-order valence-electron chi connectivity index (χ0n) is 15.5. The van der Waals surface area contributed by atoms with E-state index >= 15 is 0 Å². The molecule has 144 valence electrons. The van der Waals surface area contributed by atoms with E-state index in [1.54, 1.807) is 38.6 Å². The van der Waals surface area contributed by atoms with Crippen molar-refractivity contribution in [1.29, 1.82) is 0 Å². The van der Waals surface area contributed by atoms with Crippen LogP contribution in [0.2, 0.25) is 0 Å². The van der Waals surface area contributed by atoms with Crippen LogP contribution in [0.15, 0.2) is 65.7 Å². The van der Waals surface area contributed by atoms with Crippen LogP contribution in [-0.4, -0.2) is 20.4 Å². The maximum absolute atomic E-state index is 13.8. The molecule has 6 heteroatoms. The number of methoxy groups -OCH3 is 2. The molecule has 0 saturated heterocycles. The van der Waals surface area contributed by atoms with Gasteiger partial charge in [0.1, 0.15) is 18.2 Å². The summed E-state index contributed by atoms with van der Waals surface area (Å²) in [6.07, 6.45) is 1.76.